The van der Waals surface area contributed by atoms with Crippen LogP contribution in [-0.2, 0) is 10.0 Å². The molecule has 2 aromatic carbocycles. The van der Waals surface area contributed by atoms with Gasteiger partial charge in [0.25, 0.3) is 10.0 Å². The van der Waals surface area contributed by atoms with Gasteiger partial charge in [-0.2, -0.15) is 0 Å². The fourth-order valence-electron chi connectivity index (χ4n) is 1.81. The molecule has 0 saturated carbocycles. The maximum Gasteiger partial charge on any atom is 0.265 e. The summed E-state index contributed by atoms with van der Waals surface area (Å²) in [5.74, 6) is -0.388. The lowest BCUT2D eigenvalue weighted by Gasteiger charge is -2.13. The first-order chi connectivity index (χ1) is 9.83. The second-order valence-electron chi connectivity index (χ2n) is 4.49. The number of nitrogen functional groups attached to an aromatic ring is 1. The molecule has 2 rings (SSSR count). The standard InChI is InChI=1S/C14H15FN2O3S/c1-9-3-6-13(20-2)14(7-9)21(18,19)17-12-8-10(15)4-5-11(12)16/h3-8,17H,16H2,1-2H3. The third kappa shape index (κ3) is 3.25. The lowest BCUT2D eigenvalue weighted by Crippen LogP contribution is -2.15. The molecule has 0 aromatic heterocycles. The summed E-state index contributed by atoms with van der Waals surface area (Å²) < 4.78 is 45.4. The highest BCUT2D eigenvalue weighted by molar-refractivity contribution is 7.92. The molecule has 0 bridgehead atoms. The average Bonchev–Trinajstić information content (AvgIpc) is 2.42. The van der Waals surface area contributed by atoms with Crippen molar-refractivity contribution in [1.82, 2.24) is 0 Å². The molecule has 112 valence electrons. The van der Waals surface area contributed by atoms with Gasteiger partial charge in [-0.1, -0.05) is 6.07 Å². The molecule has 0 amide bonds. The Morgan fingerprint density at radius 2 is 1.90 bits per heavy atom. The Morgan fingerprint density at radius 3 is 2.57 bits per heavy atom. The summed E-state index contributed by atoms with van der Waals surface area (Å²) in [7, 11) is -2.56. The number of hydrogen-bond donors (Lipinski definition) is 2. The van der Waals surface area contributed by atoms with Crippen LogP contribution >= 0.6 is 0 Å². The van der Waals surface area contributed by atoms with Crippen molar-refractivity contribution in [3.63, 3.8) is 0 Å². The van der Waals surface area contributed by atoms with Gasteiger partial charge in [-0.25, -0.2) is 12.8 Å². The summed E-state index contributed by atoms with van der Waals surface area (Å²) in [5.41, 5.74) is 6.52. The lowest BCUT2D eigenvalue weighted by molar-refractivity contribution is 0.402. The maximum atomic E-state index is 13.2. The number of halogens is 1. The van der Waals surface area contributed by atoms with Crippen molar-refractivity contribution in [2.45, 2.75) is 11.8 Å². The van der Waals surface area contributed by atoms with Crippen molar-refractivity contribution in [3.05, 3.63) is 47.8 Å². The Hall–Kier alpha value is -2.28. The Labute approximate surface area is 122 Å². The zero-order valence-electron chi connectivity index (χ0n) is 11.6. The molecule has 0 heterocycles. The molecule has 2 aromatic rings. The Morgan fingerprint density at radius 1 is 1.19 bits per heavy atom. The van der Waals surface area contributed by atoms with Crippen LogP contribution in [0.5, 0.6) is 5.75 Å². The molecule has 0 aliphatic rings. The third-order valence-corrected chi connectivity index (χ3v) is 4.26. The Kier molecular flexibility index (Phi) is 4.04. The number of ether oxygens (including phenoxy) is 1. The van der Waals surface area contributed by atoms with Crippen molar-refractivity contribution in [3.8, 4) is 5.75 Å². The molecule has 3 N–H and O–H groups in total. The first-order valence-electron chi connectivity index (χ1n) is 6.06. The van der Waals surface area contributed by atoms with E-state index in [2.05, 4.69) is 4.72 Å². The van der Waals surface area contributed by atoms with Gasteiger partial charge in [0.1, 0.15) is 16.5 Å². The quantitative estimate of drug-likeness (QED) is 0.850. The molecular weight excluding hydrogens is 295 g/mol. The van der Waals surface area contributed by atoms with Gasteiger partial charge in [0.15, 0.2) is 0 Å². The molecule has 0 spiro atoms. The van der Waals surface area contributed by atoms with E-state index in [0.29, 0.717) is 0 Å². The number of nitrogens with one attached hydrogen (secondary N) is 1. The van der Waals surface area contributed by atoms with Crippen molar-refractivity contribution in [1.29, 1.82) is 0 Å². The molecule has 7 heteroatoms. The van der Waals surface area contributed by atoms with Crippen molar-refractivity contribution in [2.24, 2.45) is 0 Å². The maximum absolute atomic E-state index is 13.2. The number of nitrogens with two attached hydrogens (primary N) is 1. The summed E-state index contributed by atoms with van der Waals surface area (Å²) in [6.45, 7) is 1.76. The minimum atomic E-state index is -3.94. The summed E-state index contributed by atoms with van der Waals surface area (Å²) in [6, 6.07) is 8.22. The van der Waals surface area contributed by atoms with Crippen LogP contribution < -0.4 is 15.2 Å². The van der Waals surface area contributed by atoms with Gasteiger partial charge in [-0.3, -0.25) is 4.72 Å². The molecule has 0 aliphatic carbocycles. The number of anilines is 2. The number of rotatable bonds is 4. The summed E-state index contributed by atoms with van der Waals surface area (Å²) in [4.78, 5) is -0.0336. The molecule has 21 heavy (non-hydrogen) atoms. The molecule has 0 radical (unpaired) electrons. The SMILES string of the molecule is COc1ccc(C)cc1S(=O)(=O)Nc1cc(F)ccc1N. The first kappa shape index (κ1) is 15.1. The van der Waals surface area contributed by atoms with Crippen LogP contribution in [0.15, 0.2) is 41.3 Å². The van der Waals surface area contributed by atoms with E-state index in [1.807, 2.05) is 0 Å². The minimum absolute atomic E-state index is 0.0152. The topological polar surface area (TPSA) is 81.4 Å². The van der Waals surface area contributed by atoms with Gasteiger partial charge in [-0.15, -0.1) is 0 Å². The number of aryl methyl sites for hydroxylation is 1. The zero-order chi connectivity index (χ0) is 15.6. The number of hydrogen-bond acceptors (Lipinski definition) is 4. The summed E-state index contributed by atoms with van der Waals surface area (Å²) in [6.07, 6.45) is 0. The van der Waals surface area contributed by atoms with Crippen LogP contribution in [0.2, 0.25) is 0 Å². The van der Waals surface area contributed by atoms with Gasteiger partial charge in [-0.05, 0) is 36.8 Å². The fraction of sp³-hybridized carbons (Fsp3) is 0.143. The van der Waals surface area contributed by atoms with Gasteiger partial charge >= 0.3 is 0 Å². The predicted molar refractivity (Wildman–Crippen MR) is 79.4 cm³/mol. The number of methoxy groups -OCH3 is 1. The normalized spacial score (nSPS) is 11.2. The van der Waals surface area contributed by atoms with E-state index in [1.54, 1.807) is 19.1 Å². The number of benzene rings is 2. The second-order valence-corrected chi connectivity index (χ2v) is 6.14. The van der Waals surface area contributed by atoms with E-state index in [1.165, 1.54) is 19.2 Å². The summed E-state index contributed by atoms with van der Waals surface area (Å²) >= 11 is 0. The molecule has 0 aliphatic heterocycles. The van der Waals surface area contributed by atoms with Gasteiger partial charge in [0.2, 0.25) is 0 Å². The van der Waals surface area contributed by atoms with E-state index in [0.717, 1.165) is 17.7 Å². The Balaban J connectivity index is 2.48. The smallest absolute Gasteiger partial charge is 0.265 e. The Bertz CT molecular complexity index is 776. The highest BCUT2D eigenvalue weighted by Crippen LogP contribution is 2.28. The van der Waals surface area contributed by atoms with Crippen molar-refractivity contribution in [2.75, 3.05) is 17.6 Å². The predicted octanol–water partition coefficient (Wildman–Crippen LogP) is 2.53. The molecule has 0 unspecified atom stereocenters. The van der Waals surface area contributed by atoms with Crippen molar-refractivity contribution >= 4 is 21.4 Å². The van der Waals surface area contributed by atoms with Crippen LogP contribution in [0.1, 0.15) is 5.56 Å². The van der Waals surface area contributed by atoms with Crippen molar-refractivity contribution < 1.29 is 17.5 Å². The highest BCUT2D eigenvalue weighted by atomic mass is 32.2. The van der Waals surface area contributed by atoms with E-state index in [9.17, 15) is 12.8 Å². The van der Waals surface area contributed by atoms with Crippen LogP contribution in [0, 0.1) is 12.7 Å². The van der Waals surface area contributed by atoms with Gasteiger partial charge in [0, 0.05) is 6.07 Å². The van der Waals surface area contributed by atoms with E-state index < -0.39 is 15.8 Å². The van der Waals surface area contributed by atoms with Gasteiger partial charge < -0.3 is 10.5 Å². The minimum Gasteiger partial charge on any atom is -0.495 e. The van der Waals surface area contributed by atoms with Crippen LogP contribution in [0.25, 0.3) is 0 Å². The third-order valence-electron chi connectivity index (χ3n) is 2.87. The van der Waals surface area contributed by atoms with E-state index in [4.69, 9.17) is 10.5 Å². The fourth-order valence-corrected chi connectivity index (χ4v) is 3.14. The van der Waals surface area contributed by atoms with Crippen LogP contribution in [0.3, 0.4) is 0 Å². The van der Waals surface area contributed by atoms with E-state index in [-0.39, 0.29) is 22.0 Å². The van der Waals surface area contributed by atoms with Crippen LogP contribution in [-0.4, -0.2) is 15.5 Å². The summed E-state index contributed by atoms with van der Waals surface area (Å²) in [5, 5.41) is 0. The molecule has 5 nitrogen and oxygen atoms in total. The molecule has 0 saturated heterocycles. The largest absolute Gasteiger partial charge is 0.495 e. The molecule has 0 fully saturated rings. The first-order valence-corrected chi connectivity index (χ1v) is 7.54. The average molecular weight is 310 g/mol. The van der Waals surface area contributed by atoms with E-state index >= 15 is 0 Å². The second kappa shape index (κ2) is 5.61. The zero-order valence-corrected chi connectivity index (χ0v) is 12.4. The molecule has 0 atom stereocenters. The van der Waals surface area contributed by atoms with Gasteiger partial charge in [0.05, 0.1) is 18.5 Å². The lowest BCUT2D eigenvalue weighted by atomic mass is 10.2. The molecular formula is C14H15FN2O3S. The van der Waals surface area contributed by atoms with Crippen LogP contribution in [0.4, 0.5) is 15.8 Å². The highest BCUT2D eigenvalue weighted by Gasteiger charge is 2.21. The number of sulfonamides is 1. The monoisotopic (exact) mass is 310 g/mol.